The maximum atomic E-state index is 12.3. The summed E-state index contributed by atoms with van der Waals surface area (Å²) < 4.78 is 0. The molecule has 0 saturated heterocycles. The molecule has 1 atom stereocenters. The van der Waals surface area contributed by atoms with Crippen LogP contribution in [0.15, 0.2) is 42.5 Å². The molecule has 3 N–H and O–H groups in total. The van der Waals surface area contributed by atoms with Crippen molar-refractivity contribution in [3.05, 3.63) is 64.2 Å². The van der Waals surface area contributed by atoms with Crippen molar-refractivity contribution in [1.29, 1.82) is 0 Å². The predicted molar refractivity (Wildman–Crippen MR) is 95.8 cm³/mol. The summed E-state index contributed by atoms with van der Waals surface area (Å²) >= 11 is 6.20. The first kappa shape index (κ1) is 17.5. The molecular weight excluding hydrogens is 308 g/mol. The monoisotopic (exact) mass is 331 g/mol. The van der Waals surface area contributed by atoms with E-state index in [1.807, 2.05) is 48.6 Å². The molecule has 0 unspecified atom stereocenters. The lowest BCUT2D eigenvalue weighted by Gasteiger charge is -2.15. The van der Waals surface area contributed by atoms with Crippen molar-refractivity contribution in [2.45, 2.75) is 33.2 Å². The Bertz CT molecular complexity index is 685. The Hall–Kier alpha value is -1.84. The summed E-state index contributed by atoms with van der Waals surface area (Å²) in [4.78, 5) is 12.3. The minimum Gasteiger partial charge on any atom is -0.332 e. The third-order valence-corrected chi connectivity index (χ3v) is 4.40. The van der Waals surface area contributed by atoms with Crippen LogP contribution in [0.25, 0.3) is 0 Å². The molecule has 0 spiro atoms. The molecule has 0 aromatic heterocycles. The number of aryl methyl sites for hydroxylation is 2. The van der Waals surface area contributed by atoms with E-state index in [4.69, 9.17) is 11.6 Å². The van der Waals surface area contributed by atoms with Gasteiger partial charge in [0.2, 0.25) is 0 Å². The molecule has 0 fully saturated rings. The molecule has 0 aliphatic heterocycles. The molecule has 2 rings (SSSR count). The zero-order chi connectivity index (χ0) is 16.8. The van der Waals surface area contributed by atoms with Crippen LogP contribution in [0.5, 0.6) is 0 Å². The first-order valence-electron chi connectivity index (χ1n) is 7.99. The van der Waals surface area contributed by atoms with Crippen LogP contribution in [0.3, 0.4) is 0 Å². The van der Waals surface area contributed by atoms with Crippen LogP contribution in [0.4, 0.5) is 5.69 Å². The van der Waals surface area contributed by atoms with Crippen LogP contribution >= 0.6 is 11.6 Å². The van der Waals surface area contributed by atoms with Crippen LogP contribution in [-0.2, 0) is 11.2 Å². The van der Waals surface area contributed by atoms with Gasteiger partial charge in [-0.1, -0.05) is 54.9 Å². The first-order valence-corrected chi connectivity index (χ1v) is 8.36. The standard InChI is InChI=1S/C19H23ClN2O/c1-4-15-9-7-8-13(2)19(15)22-18(23)12-21-14(3)16-10-5-6-11-17(16)20/h5-11,14,21H,4,12H2,1-3H3,(H,22,23)/p+1/t14-/m0/s1. The molecule has 23 heavy (non-hydrogen) atoms. The zero-order valence-electron chi connectivity index (χ0n) is 13.9. The second-order valence-corrected chi connectivity index (χ2v) is 6.17. The average molecular weight is 332 g/mol. The highest BCUT2D eigenvalue weighted by Gasteiger charge is 2.15. The lowest BCUT2D eigenvalue weighted by Crippen LogP contribution is -2.86. The number of carbonyl (C=O) groups is 1. The van der Waals surface area contributed by atoms with Crippen molar-refractivity contribution in [2.24, 2.45) is 0 Å². The molecule has 122 valence electrons. The van der Waals surface area contributed by atoms with E-state index in [-0.39, 0.29) is 11.9 Å². The van der Waals surface area contributed by atoms with Gasteiger partial charge in [-0.15, -0.1) is 0 Å². The summed E-state index contributed by atoms with van der Waals surface area (Å²) in [6, 6.07) is 14.0. The molecule has 2 aromatic rings. The molecule has 0 saturated carbocycles. The maximum absolute atomic E-state index is 12.3. The van der Waals surface area contributed by atoms with Gasteiger partial charge in [-0.05, 0) is 37.5 Å². The second kappa shape index (κ2) is 8.14. The van der Waals surface area contributed by atoms with E-state index in [0.29, 0.717) is 6.54 Å². The van der Waals surface area contributed by atoms with E-state index < -0.39 is 0 Å². The van der Waals surface area contributed by atoms with Crippen LogP contribution in [0.1, 0.15) is 36.6 Å². The average Bonchev–Trinajstić information content (AvgIpc) is 2.55. The summed E-state index contributed by atoms with van der Waals surface area (Å²) in [6.07, 6.45) is 0.900. The lowest BCUT2D eigenvalue weighted by molar-refractivity contribution is -0.682. The first-order chi connectivity index (χ1) is 11.0. The van der Waals surface area contributed by atoms with Crippen LogP contribution in [0.2, 0.25) is 5.02 Å². The molecule has 0 radical (unpaired) electrons. The Balaban J connectivity index is 1.97. The van der Waals surface area contributed by atoms with Crippen LogP contribution in [0, 0.1) is 6.92 Å². The number of para-hydroxylation sites is 1. The summed E-state index contributed by atoms with van der Waals surface area (Å²) in [5.41, 5.74) is 4.25. The summed E-state index contributed by atoms with van der Waals surface area (Å²) in [6.45, 7) is 6.53. The second-order valence-electron chi connectivity index (χ2n) is 5.76. The zero-order valence-corrected chi connectivity index (χ0v) is 14.7. The van der Waals surface area contributed by atoms with Gasteiger partial charge in [0.05, 0.1) is 0 Å². The van der Waals surface area contributed by atoms with E-state index >= 15 is 0 Å². The number of nitrogens with two attached hydrogens (primary N) is 1. The van der Waals surface area contributed by atoms with Gasteiger partial charge in [-0.25, -0.2) is 0 Å². The number of hydrogen-bond donors (Lipinski definition) is 2. The van der Waals surface area contributed by atoms with Crippen molar-refractivity contribution < 1.29 is 10.1 Å². The number of anilines is 1. The minimum absolute atomic E-state index is 0.00732. The van der Waals surface area contributed by atoms with Crippen molar-refractivity contribution in [3.63, 3.8) is 0 Å². The van der Waals surface area contributed by atoms with E-state index in [1.165, 1.54) is 0 Å². The van der Waals surface area contributed by atoms with Gasteiger partial charge in [0.25, 0.3) is 5.91 Å². The molecule has 4 heteroatoms. The lowest BCUT2D eigenvalue weighted by atomic mass is 10.1. The molecular formula is C19H24ClN2O+. The largest absolute Gasteiger partial charge is 0.332 e. The molecule has 1 amide bonds. The SMILES string of the molecule is CCc1cccc(C)c1NC(=O)C[NH2+][C@@H](C)c1ccccc1Cl. The molecule has 2 aromatic carbocycles. The topological polar surface area (TPSA) is 45.7 Å². The minimum atomic E-state index is 0.00732. The number of halogens is 1. The molecule has 0 aliphatic carbocycles. The van der Waals surface area contributed by atoms with Gasteiger partial charge in [0.1, 0.15) is 6.04 Å². The third kappa shape index (κ3) is 4.57. The van der Waals surface area contributed by atoms with Crippen molar-refractivity contribution in [2.75, 3.05) is 11.9 Å². The molecule has 3 nitrogen and oxygen atoms in total. The van der Waals surface area contributed by atoms with Gasteiger partial charge in [-0.3, -0.25) is 4.79 Å². The van der Waals surface area contributed by atoms with E-state index in [9.17, 15) is 4.79 Å². The normalized spacial score (nSPS) is 12.0. The van der Waals surface area contributed by atoms with Crippen LogP contribution in [-0.4, -0.2) is 12.5 Å². The number of hydrogen-bond acceptors (Lipinski definition) is 1. The summed E-state index contributed by atoms with van der Waals surface area (Å²) in [7, 11) is 0. The van der Waals surface area contributed by atoms with Crippen molar-refractivity contribution in [3.8, 4) is 0 Å². The van der Waals surface area contributed by atoms with Crippen molar-refractivity contribution in [1.82, 2.24) is 0 Å². The fourth-order valence-corrected chi connectivity index (χ4v) is 2.96. The number of carbonyl (C=O) groups excluding carboxylic acids is 1. The van der Waals surface area contributed by atoms with Gasteiger partial charge < -0.3 is 10.6 Å². The Morgan fingerprint density at radius 3 is 2.65 bits per heavy atom. The van der Waals surface area contributed by atoms with E-state index in [1.54, 1.807) is 0 Å². The molecule has 0 aliphatic rings. The summed E-state index contributed by atoms with van der Waals surface area (Å²) in [5.74, 6) is 0.00732. The Morgan fingerprint density at radius 1 is 1.22 bits per heavy atom. The van der Waals surface area contributed by atoms with Gasteiger partial charge >= 0.3 is 0 Å². The Kier molecular flexibility index (Phi) is 6.20. The van der Waals surface area contributed by atoms with E-state index in [0.717, 1.165) is 33.8 Å². The number of quaternary nitrogens is 1. The van der Waals surface area contributed by atoms with Crippen molar-refractivity contribution >= 4 is 23.2 Å². The van der Waals surface area contributed by atoms with Crippen LogP contribution < -0.4 is 10.6 Å². The highest BCUT2D eigenvalue weighted by Crippen LogP contribution is 2.21. The smallest absolute Gasteiger partial charge is 0.279 e. The number of rotatable bonds is 6. The van der Waals surface area contributed by atoms with Gasteiger partial charge in [-0.2, -0.15) is 0 Å². The molecule has 0 heterocycles. The highest BCUT2D eigenvalue weighted by atomic mass is 35.5. The highest BCUT2D eigenvalue weighted by molar-refractivity contribution is 6.31. The number of amides is 1. The molecule has 0 bridgehead atoms. The Labute approximate surface area is 143 Å². The quantitative estimate of drug-likeness (QED) is 0.836. The fourth-order valence-electron chi connectivity index (χ4n) is 2.65. The third-order valence-electron chi connectivity index (χ3n) is 4.06. The van der Waals surface area contributed by atoms with E-state index in [2.05, 4.69) is 25.2 Å². The number of nitrogens with one attached hydrogen (secondary N) is 1. The summed E-state index contributed by atoms with van der Waals surface area (Å²) in [5, 5.41) is 5.79. The number of benzene rings is 2. The predicted octanol–water partition coefficient (Wildman–Crippen LogP) is 3.47. The Morgan fingerprint density at radius 2 is 1.96 bits per heavy atom. The van der Waals surface area contributed by atoms with Gasteiger partial charge in [0.15, 0.2) is 6.54 Å². The maximum Gasteiger partial charge on any atom is 0.279 e. The fraction of sp³-hybridized carbons (Fsp3) is 0.316. The van der Waals surface area contributed by atoms with Gasteiger partial charge in [0, 0.05) is 16.3 Å².